The largest absolute Gasteiger partial charge is 0.309 e. The summed E-state index contributed by atoms with van der Waals surface area (Å²) in [4.78, 5) is 6.00. The van der Waals surface area contributed by atoms with Crippen molar-refractivity contribution in [2.75, 3.05) is 0 Å². The van der Waals surface area contributed by atoms with Gasteiger partial charge < -0.3 is 4.57 Å². The molecule has 0 bridgehead atoms. The van der Waals surface area contributed by atoms with E-state index in [4.69, 9.17) is 4.98 Å². The van der Waals surface area contributed by atoms with E-state index in [-0.39, 0.29) is 0 Å². The van der Waals surface area contributed by atoms with Gasteiger partial charge in [0.15, 0.2) is 0 Å². The standard InChI is InChI=1S/C55H36N2O2S/c1-35-44(36-16-4-2-5-17-36)34-48(37-18-6-3-7-19-37)56-53(35)38-28-30-39(31-29-38)57-49-26-14-10-22-42(49)43-32-33-51-52(54(43)57)55(47-25-13-15-27-50(47)60(51,58)59)45-23-11-8-20-40(45)41-21-9-12-24-46(41)55/h2-34H,1H3. The molecule has 0 unspecified atom stereocenters. The summed E-state index contributed by atoms with van der Waals surface area (Å²) in [5, 5.41) is 2.07. The molecule has 5 heteroatoms. The van der Waals surface area contributed by atoms with Crippen molar-refractivity contribution in [3.05, 3.63) is 228 Å². The Morgan fingerprint density at radius 2 is 1.07 bits per heavy atom. The number of aromatic nitrogens is 2. The van der Waals surface area contributed by atoms with Gasteiger partial charge in [-0.15, -0.1) is 0 Å². The molecule has 0 fully saturated rings. The van der Waals surface area contributed by atoms with Crippen LogP contribution in [0.3, 0.4) is 0 Å². The molecule has 4 nitrogen and oxygen atoms in total. The first-order chi connectivity index (χ1) is 29.5. The van der Waals surface area contributed by atoms with E-state index < -0.39 is 15.3 Å². The Morgan fingerprint density at radius 1 is 0.483 bits per heavy atom. The molecule has 12 rings (SSSR count). The molecule has 0 N–H and O–H groups in total. The van der Waals surface area contributed by atoms with Crippen LogP contribution in [0.4, 0.5) is 0 Å². The monoisotopic (exact) mass is 788 g/mol. The molecule has 1 spiro atoms. The van der Waals surface area contributed by atoms with Crippen molar-refractivity contribution >= 4 is 31.6 Å². The Hall–Kier alpha value is -7.34. The van der Waals surface area contributed by atoms with Crippen molar-refractivity contribution in [3.8, 4) is 50.5 Å². The molecule has 0 amide bonds. The van der Waals surface area contributed by atoms with Crippen LogP contribution >= 0.6 is 0 Å². The highest BCUT2D eigenvalue weighted by Gasteiger charge is 2.54. The molecule has 1 aliphatic heterocycles. The molecule has 0 saturated heterocycles. The van der Waals surface area contributed by atoms with E-state index in [0.29, 0.717) is 9.79 Å². The second kappa shape index (κ2) is 12.8. The lowest BCUT2D eigenvalue weighted by Crippen LogP contribution is -2.36. The topological polar surface area (TPSA) is 52.0 Å². The number of rotatable bonds is 4. The SMILES string of the molecule is Cc1c(-c2ccccc2)cc(-c2ccccc2)nc1-c1ccc(-n2c3ccccc3c3ccc4c(c32)C2(c3ccccc3-c3ccccc32)c2ccccc2S4(=O)=O)cc1. The summed E-state index contributed by atoms with van der Waals surface area (Å²) in [6, 6.07) is 68.6. The number of nitrogens with zero attached hydrogens (tertiary/aromatic N) is 2. The van der Waals surface area contributed by atoms with Crippen LogP contribution in [0.1, 0.15) is 27.8 Å². The molecule has 2 aliphatic rings. The molecular formula is C55H36N2O2S. The summed E-state index contributed by atoms with van der Waals surface area (Å²) >= 11 is 0. The molecule has 0 radical (unpaired) electrons. The van der Waals surface area contributed by atoms with Crippen molar-refractivity contribution in [1.29, 1.82) is 0 Å². The third kappa shape index (κ3) is 4.66. The molecular weight excluding hydrogens is 753 g/mol. The van der Waals surface area contributed by atoms with Gasteiger partial charge in [-0.05, 0) is 87.8 Å². The number of benzene rings is 8. The first-order valence-corrected chi connectivity index (χ1v) is 21.8. The molecule has 1 aliphatic carbocycles. The third-order valence-corrected chi connectivity index (χ3v) is 14.7. The van der Waals surface area contributed by atoms with Crippen LogP contribution in [-0.2, 0) is 15.3 Å². The molecule has 8 aromatic carbocycles. The summed E-state index contributed by atoms with van der Waals surface area (Å²) in [6.45, 7) is 2.15. The van der Waals surface area contributed by atoms with Crippen molar-refractivity contribution in [2.24, 2.45) is 0 Å². The number of hydrogen-bond donors (Lipinski definition) is 0. The maximum atomic E-state index is 15.0. The van der Waals surface area contributed by atoms with Crippen LogP contribution in [0.2, 0.25) is 0 Å². The minimum Gasteiger partial charge on any atom is -0.309 e. The highest BCUT2D eigenvalue weighted by molar-refractivity contribution is 7.91. The van der Waals surface area contributed by atoms with E-state index in [2.05, 4.69) is 163 Å². The lowest BCUT2D eigenvalue weighted by atomic mass is 9.67. The number of para-hydroxylation sites is 1. The van der Waals surface area contributed by atoms with Gasteiger partial charge in [0.05, 0.1) is 37.6 Å². The van der Waals surface area contributed by atoms with Crippen molar-refractivity contribution < 1.29 is 8.42 Å². The van der Waals surface area contributed by atoms with Crippen LogP contribution in [0, 0.1) is 6.92 Å². The van der Waals surface area contributed by atoms with Gasteiger partial charge >= 0.3 is 0 Å². The second-order valence-electron chi connectivity index (χ2n) is 15.8. The summed E-state index contributed by atoms with van der Waals surface area (Å²) < 4.78 is 32.4. The van der Waals surface area contributed by atoms with Crippen LogP contribution < -0.4 is 0 Å². The fourth-order valence-electron chi connectivity index (χ4n) is 10.3. The van der Waals surface area contributed by atoms with Crippen LogP contribution in [0.25, 0.3) is 72.3 Å². The summed E-state index contributed by atoms with van der Waals surface area (Å²) in [5.74, 6) is 0. The first kappa shape index (κ1) is 34.7. The van der Waals surface area contributed by atoms with Crippen molar-refractivity contribution in [2.45, 2.75) is 22.1 Å². The van der Waals surface area contributed by atoms with E-state index in [0.717, 1.165) is 100 Å². The molecule has 2 aromatic heterocycles. The minimum atomic E-state index is -3.92. The summed E-state index contributed by atoms with van der Waals surface area (Å²) in [7, 11) is -3.92. The quantitative estimate of drug-likeness (QED) is 0.178. The van der Waals surface area contributed by atoms with Crippen LogP contribution in [-0.4, -0.2) is 18.0 Å². The second-order valence-corrected chi connectivity index (χ2v) is 17.7. The van der Waals surface area contributed by atoms with Gasteiger partial charge in [0.2, 0.25) is 9.84 Å². The Morgan fingerprint density at radius 3 is 1.77 bits per heavy atom. The number of hydrogen-bond acceptors (Lipinski definition) is 3. The van der Waals surface area contributed by atoms with Gasteiger partial charge in [-0.1, -0.05) is 164 Å². The van der Waals surface area contributed by atoms with Crippen LogP contribution in [0.15, 0.2) is 210 Å². The predicted octanol–water partition coefficient (Wildman–Crippen LogP) is 13.0. The molecule has 10 aromatic rings. The van der Waals surface area contributed by atoms with Gasteiger partial charge in [0, 0.05) is 33.2 Å². The van der Waals surface area contributed by atoms with Gasteiger partial charge in [-0.25, -0.2) is 13.4 Å². The lowest BCUT2D eigenvalue weighted by Gasteiger charge is -2.40. The molecule has 0 atom stereocenters. The normalized spacial score (nSPS) is 14.2. The molecule has 60 heavy (non-hydrogen) atoms. The summed E-state index contributed by atoms with van der Waals surface area (Å²) in [6.07, 6.45) is 0. The average Bonchev–Trinajstić information content (AvgIpc) is 3.80. The third-order valence-electron chi connectivity index (χ3n) is 12.8. The molecule has 284 valence electrons. The van der Waals surface area contributed by atoms with E-state index in [1.807, 2.05) is 42.5 Å². The summed E-state index contributed by atoms with van der Waals surface area (Å²) in [5.41, 5.74) is 15.2. The maximum absolute atomic E-state index is 15.0. The zero-order valence-electron chi connectivity index (χ0n) is 32.7. The molecule has 0 saturated carbocycles. The fourth-order valence-corrected chi connectivity index (χ4v) is 12.1. The van der Waals surface area contributed by atoms with Crippen LogP contribution in [0.5, 0.6) is 0 Å². The average molecular weight is 789 g/mol. The highest BCUT2D eigenvalue weighted by Crippen LogP contribution is 2.62. The number of fused-ring (bicyclic) bond motifs is 13. The van der Waals surface area contributed by atoms with E-state index in [1.165, 1.54) is 0 Å². The van der Waals surface area contributed by atoms with E-state index >= 15 is 8.42 Å². The smallest absolute Gasteiger partial charge is 0.207 e. The van der Waals surface area contributed by atoms with E-state index in [9.17, 15) is 0 Å². The van der Waals surface area contributed by atoms with Gasteiger partial charge in [0.25, 0.3) is 0 Å². The minimum absolute atomic E-state index is 0.340. The maximum Gasteiger partial charge on any atom is 0.207 e. The Kier molecular flexibility index (Phi) is 7.41. The first-order valence-electron chi connectivity index (χ1n) is 20.3. The number of pyridine rings is 1. The van der Waals surface area contributed by atoms with Crippen molar-refractivity contribution in [3.63, 3.8) is 0 Å². The molecule has 3 heterocycles. The number of sulfone groups is 1. The lowest BCUT2D eigenvalue weighted by molar-refractivity contribution is 0.581. The van der Waals surface area contributed by atoms with Gasteiger partial charge in [-0.3, -0.25) is 0 Å². The highest BCUT2D eigenvalue weighted by atomic mass is 32.2. The Labute approximate surface area is 348 Å². The zero-order chi connectivity index (χ0) is 40.2. The van der Waals surface area contributed by atoms with Crippen molar-refractivity contribution in [1.82, 2.24) is 9.55 Å². The van der Waals surface area contributed by atoms with Gasteiger partial charge in [0.1, 0.15) is 0 Å². The van der Waals surface area contributed by atoms with Gasteiger partial charge in [-0.2, -0.15) is 0 Å². The predicted molar refractivity (Wildman–Crippen MR) is 242 cm³/mol. The Bertz CT molecular complexity index is 3450. The van der Waals surface area contributed by atoms with E-state index in [1.54, 1.807) is 6.07 Å². The fraction of sp³-hybridized carbons (Fsp3) is 0.0364. The zero-order valence-corrected chi connectivity index (χ0v) is 33.5. The Balaban J connectivity index is 1.15.